The summed E-state index contributed by atoms with van der Waals surface area (Å²) in [7, 11) is -7.09. The van der Waals surface area contributed by atoms with Crippen LogP contribution in [0.1, 0.15) is 11.1 Å². The molecule has 0 spiro atoms. The van der Waals surface area contributed by atoms with Crippen LogP contribution in [0.25, 0.3) is 11.1 Å². The molecule has 2 rings (SSSR count). The highest BCUT2D eigenvalue weighted by Crippen LogP contribution is 2.37. The van der Waals surface area contributed by atoms with Gasteiger partial charge in [-0.1, -0.05) is 24.3 Å². The fourth-order valence-corrected chi connectivity index (χ4v) is 4.07. The van der Waals surface area contributed by atoms with Crippen molar-refractivity contribution in [3.05, 3.63) is 70.8 Å². The van der Waals surface area contributed by atoms with E-state index in [1.54, 1.807) is 24.3 Å². The summed E-state index contributed by atoms with van der Waals surface area (Å²) in [5.41, 5.74) is 0.185. The molecule has 0 saturated heterocycles. The number of anilines is 2. The van der Waals surface area contributed by atoms with Crippen LogP contribution in [-0.2, 0) is 20.0 Å². The highest BCUT2D eigenvalue weighted by Gasteiger charge is 2.21. The van der Waals surface area contributed by atoms with E-state index in [4.69, 9.17) is 0 Å². The summed E-state index contributed by atoms with van der Waals surface area (Å²) in [5.74, 6) is 0. The molecule has 0 radical (unpaired) electrons. The molecule has 0 aliphatic heterocycles. The molecule has 34 heavy (non-hydrogen) atoms. The molecule has 0 atom stereocenters. The molecular weight excluding hydrogens is 476 g/mol. The third kappa shape index (κ3) is 6.69. The molecule has 12 heteroatoms. The SMILES string of the molecule is CS(=O)(=O)Nc1ccc(C(=C(C#N)C#N)C(=C(C#N)C#N)c2ccc(NS(C)(=O)=O)cc2)cc1. The highest BCUT2D eigenvalue weighted by atomic mass is 32.2. The van der Waals surface area contributed by atoms with Crippen molar-refractivity contribution in [3.63, 3.8) is 0 Å². The maximum atomic E-state index is 11.5. The lowest BCUT2D eigenvalue weighted by Crippen LogP contribution is -2.09. The van der Waals surface area contributed by atoms with Crippen molar-refractivity contribution in [1.82, 2.24) is 0 Å². The number of benzene rings is 2. The van der Waals surface area contributed by atoms with Gasteiger partial charge in [-0.05, 0) is 35.4 Å². The minimum atomic E-state index is -3.54. The van der Waals surface area contributed by atoms with E-state index >= 15 is 0 Å². The highest BCUT2D eigenvalue weighted by molar-refractivity contribution is 7.92. The molecule has 0 bridgehead atoms. The molecule has 0 heterocycles. The Kier molecular flexibility index (Phi) is 7.79. The Hall–Kier alpha value is -4.62. The van der Waals surface area contributed by atoms with Crippen LogP contribution < -0.4 is 9.44 Å². The quantitative estimate of drug-likeness (QED) is 0.436. The van der Waals surface area contributed by atoms with Gasteiger partial charge in [0, 0.05) is 22.5 Å². The average Bonchev–Trinajstić information content (AvgIpc) is 2.75. The zero-order chi connectivity index (χ0) is 25.5. The molecule has 0 saturated carbocycles. The Morgan fingerprint density at radius 1 is 0.588 bits per heavy atom. The van der Waals surface area contributed by atoms with E-state index in [1.165, 1.54) is 48.5 Å². The van der Waals surface area contributed by atoms with Crippen LogP contribution in [0.4, 0.5) is 11.4 Å². The van der Waals surface area contributed by atoms with Gasteiger partial charge in [0.05, 0.1) is 12.5 Å². The van der Waals surface area contributed by atoms with Gasteiger partial charge in [-0.15, -0.1) is 0 Å². The summed E-state index contributed by atoms with van der Waals surface area (Å²) in [6, 6.07) is 18.4. The summed E-state index contributed by atoms with van der Waals surface area (Å²) in [6.45, 7) is 0. The molecule has 10 nitrogen and oxygen atoms in total. The van der Waals surface area contributed by atoms with Crippen molar-refractivity contribution in [1.29, 1.82) is 21.0 Å². The van der Waals surface area contributed by atoms with E-state index in [0.29, 0.717) is 0 Å². The number of nitrogens with zero attached hydrogens (tertiary/aromatic N) is 4. The Bertz CT molecular complexity index is 1410. The first kappa shape index (κ1) is 25.6. The predicted octanol–water partition coefficient (Wildman–Crippen LogP) is 2.73. The number of nitriles is 4. The summed E-state index contributed by atoms with van der Waals surface area (Å²) < 4.78 is 50.4. The minimum Gasteiger partial charge on any atom is -0.284 e. The molecule has 0 amide bonds. The van der Waals surface area contributed by atoms with Crippen LogP contribution in [-0.4, -0.2) is 29.3 Å². The fraction of sp³-hybridized carbons (Fsp3) is 0.0909. The standard InChI is InChI=1S/C22H16N6O4S2/c1-33(29,30)27-19-7-3-15(4-8-19)21(17(11-23)12-24)22(18(13-25)14-26)16-5-9-20(10-6-16)28-34(2,31)32/h3-10,27-28H,1-2H3. The second kappa shape index (κ2) is 10.3. The Morgan fingerprint density at radius 3 is 1.06 bits per heavy atom. The fourth-order valence-electron chi connectivity index (χ4n) is 2.94. The first-order valence-corrected chi connectivity index (χ1v) is 13.0. The second-order valence-corrected chi connectivity index (χ2v) is 10.3. The van der Waals surface area contributed by atoms with Gasteiger partial charge in [-0.25, -0.2) is 16.8 Å². The van der Waals surface area contributed by atoms with Gasteiger partial charge in [0.25, 0.3) is 0 Å². The van der Waals surface area contributed by atoms with Gasteiger partial charge in [-0.2, -0.15) is 21.0 Å². The second-order valence-electron chi connectivity index (χ2n) is 6.85. The van der Waals surface area contributed by atoms with E-state index in [-0.39, 0.29) is 44.8 Å². The van der Waals surface area contributed by atoms with Crippen molar-refractivity contribution in [2.24, 2.45) is 0 Å². The van der Waals surface area contributed by atoms with E-state index < -0.39 is 20.0 Å². The van der Waals surface area contributed by atoms with Crippen LogP contribution in [0.5, 0.6) is 0 Å². The number of nitrogens with one attached hydrogen (secondary N) is 2. The number of rotatable bonds is 7. The molecule has 0 fully saturated rings. The average molecular weight is 493 g/mol. The predicted molar refractivity (Wildman–Crippen MR) is 126 cm³/mol. The van der Waals surface area contributed by atoms with Crippen molar-refractivity contribution in [2.75, 3.05) is 22.0 Å². The van der Waals surface area contributed by atoms with Crippen LogP contribution in [0.2, 0.25) is 0 Å². The van der Waals surface area contributed by atoms with Gasteiger partial charge in [0.1, 0.15) is 35.4 Å². The van der Waals surface area contributed by atoms with Crippen LogP contribution in [0, 0.1) is 45.3 Å². The van der Waals surface area contributed by atoms with Gasteiger partial charge in [-0.3, -0.25) is 9.44 Å². The zero-order valence-corrected chi connectivity index (χ0v) is 19.5. The van der Waals surface area contributed by atoms with E-state index in [0.717, 1.165) is 12.5 Å². The van der Waals surface area contributed by atoms with Gasteiger partial charge < -0.3 is 0 Å². The molecule has 0 unspecified atom stereocenters. The maximum absolute atomic E-state index is 11.5. The normalized spacial score (nSPS) is 10.4. The number of hydrogen-bond acceptors (Lipinski definition) is 8. The van der Waals surface area contributed by atoms with Crippen LogP contribution in [0.3, 0.4) is 0 Å². The molecule has 170 valence electrons. The number of allylic oxidation sites excluding steroid dienone is 4. The maximum Gasteiger partial charge on any atom is 0.229 e. The summed E-state index contributed by atoms with van der Waals surface area (Å²) in [6.07, 6.45) is 1.95. The third-order valence-corrected chi connectivity index (χ3v) is 5.36. The lowest BCUT2D eigenvalue weighted by Gasteiger charge is -2.15. The molecule has 2 aromatic carbocycles. The molecule has 0 aliphatic rings. The van der Waals surface area contributed by atoms with Gasteiger partial charge in [0.15, 0.2) is 0 Å². The Labute approximate surface area is 197 Å². The molecule has 2 aromatic rings. The van der Waals surface area contributed by atoms with E-state index in [2.05, 4.69) is 9.44 Å². The third-order valence-electron chi connectivity index (χ3n) is 4.15. The number of sulfonamides is 2. The van der Waals surface area contributed by atoms with E-state index in [9.17, 15) is 37.9 Å². The van der Waals surface area contributed by atoms with Gasteiger partial charge in [0.2, 0.25) is 20.0 Å². The van der Waals surface area contributed by atoms with Crippen molar-refractivity contribution < 1.29 is 16.8 Å². The summed E-state index contributed by atoms with van der Waals surface area (Å²) in [4.78, 5) is 0. The van der Waals surface area contributed by atoms with E-state index in [1.807, 2.05) is 0 Å². The monoisotopic (exact) mass is 492 g/mol. The first-order chi connectivity index (χ1) is 15.9. The largest absolute Gasteiger partial charge is 0.284 e. The van der Waals surface area contributed by atoms with Gasteiger partial charge >= 0.3 is 0 Å². The van der Waals surface area contributed by atoms with Crippen molar-refractivity contribution >= 4 is 42.6 Å². The van der Waals surface area contributed by atoms with Crippen molar-refractivity contribution in [3.8, 4) is 24.3 Å². The van der Waals surface area contributed by atoms with Crippen LogP contribution in [0.15, 0.2) is 59.7 Å². The Morgan fingerprint density at radius 2 is 0.853 bits per heavy atom. The smallest absolute Gasteiger partial charge is 0.229 e. The summed E-state index contributed by atoms with van der Waals surface area (Å²) >= 11 is 0. The molecule has 0 aromatic heterocycles. The Balaban J connectivity index is 2.78. The summed E-state index contributed by atoms with van der Waals surface area (Å²) in [5, 5.41) is 38.3. The minimum absolute atomic E-state index is 0.0159. The lowest BCUT2D eigenvalue weighted by atomic mass is 9.86. The molecule has 0 aliphatic carbocycles. The molecular formula is C22H16N6O4S2. The van der Waals surface area contributed by atoms with Crippen molar-refractivity contribution in [2.45, 2.75) is 0 Å². The molecule has 2 N–H and O–H groups in total. The lowest BCUT2D eigenvalue weighted by molar-refractivity contribution is 0.605. The topological polar surface area (TPSA) is 187 Å². The number of hydrogen-bond donors (Lipinski definition) is 2. The first-order valence-electron chi connectivity index (χ1n) is 9.18. The van der Waals surface area contributed by atoms with Crippen LogP contribution >= 0.6 is 0 Å². The zero-order valence-electron chi connectivity index (χ0n) is 17.9.